The summed E-state index contributed by atoms with van der Waals surface area (Å²) < 4.78 is 1.14. The zero-order valence-corrected chi connectivity index (χ0v) is 11.9. The van der Waals surface area contributed by atoms with Crippen LogP contribution in [0.1, 0.15) is 32.3 Å². The van der Waals surface area contributed by atoms with E-state index >= 15 is 0 Å². The number of halogens is 1. The van der Waals surface area contributed by atoms with Gasteiger partial charge in [-0.05, 0) is 34.9 Å². The van der Waals surface area contributed by atoms with Crippen LogP contribution in [-0.4, -0.2) is 17.0 Å². The molecule has 3 nitrogen and oxygen atoms in total. The minimum absolute atomic E-state index is 0.597. The first-order valence-corrected chi connectivity index (χ1v) is 6.39. The SMILES string of the molecule is CCc1nc(CC(C)C)nc(NC)c1I. The first-order valence-electron chi connectivity index (χ1n) is 5.31. The first kappa shape index (κ1) is 12.7. The Morgan fingerprint density at radius 2 is 2.00 bits per heavy atom. The summed E-state index contributed by atoms with van der Waals surface area (Å²) in [5.74, 6) is 2.50. The van der Waals surface area contributed by atoms with Gasteiger partial charge < -0.3 is 5.32 Å². The molecule has 15 heavy (non-hydrogen) atoms. The topological polar surface area (TPSA) is 37.8 Å². The predicted octanol–water partition coefficient (Wildman–Crippen LogP) is 2.88. The summed E-state index contributed by atoms with van der Waals surface area (Å²) in [5.41, 5.74) is 1.14. The molecule has 1 N–H and O–H groups in total. The van der Waals surface area contributed by atoms with Gasteiger partial charge >= 0.3 is 0 Å². The van der Waals surface area contributed by atoms with Crippen molar-refractivity contribution in [2.45, 2.75) is 33.6 Å². The number of nitrogens with one attached hydrogen (secondary N) is 1. The molecule has 0 fully saturated rings. The lowest BCUT2D eigenvalue weighted by molar-refractivity contribution is 0.617. The summed E-state index contributed by atoms with van der Waals surface area (Å²) in [4.78, 5) is 9.09. The lowest BCUT2D eigenvalue weighted by Crippen LogP contribution is -2.09. The van der Waals surface area contributed by atoms with Gasteiger partial charge in [0.1, 0.15) is 11.6 Å². The van der Waals surface area contributed by atoms with Crippen LogP contribution in [0.2, 0.25) is 0 Å². The van der Waals surface area contributed by atoms with E-state index in [1.807, 2.05) is 7.05 Å². The Labute approximate surface area is 105 Å². The van der Waals surface area contributed by atoms with Crippen LogP contribution in [0.5, 0.6) is 0 Å². The van der Waals surface area contributed by atoms with Gasteiger partial charge in [-0.15, -0.1) is 0 Å². The van der Waals surface area contributed by atoms with Crippen molar-refractivity contribution in [2.75, 3.05) is 12.4 Å². The van der Waals surface area contributed by atoms with E-state index in [0.29, 0.717) is 5.92 Å². The predicted molar refractivity (Wildman–Crippen MR) is 72.2 cm³/mol. The molecule has 4 heteroatoms. The van der Waals surface area contributed by atoms with Crippen LogP contribution in [0.4, 0.5) is 5.82 Å². The third-order valence-electron chi connectivity index (χ3n) is 2.13. The maximum Gasteiger partial charge on any atom is 0.143 e. The van der Waals surface area contributed by atoms with Crippen molar-refractivity contribution in [1.82, 2.24) is 9.97 Å². The molecule has 1 aromatic heterocycles. The highest BCUT2D eigenvalue weighted by Crippen LogP contribution is 2.20. The minimum Gasteiger partial charge on any atom is -0.372 e. The number of aryl methyl sites for hydroxylation is 1. The van der Waals surface area contributed by atoms with Crippen LogP contribution in [-0.2, 0) is 12.8 Å². The van der Waals surface area contributed by atoms with E-state index in [-0.39, 0.29) is 0 Å². The Balaban J connectivity index is 3.09. The van der Waals surface area contributed by atoms with E-state index in [0.717, 1.165) is 33.7 Å². The maximum atomic E-state index is 4.58. The molecule has 0 radical (unpaired) electrons. The lowest BCUT2D eigenvalue weighted by Gasteiger charge is -2.11. The summed E-state index contributed by atoms with van der Waals surface area (Å²) in [6.07, 6.45) is 1.90. The quantitative estimate of drug-likeness (QED) is 0.867. The molecule has 84 valence electrons. The van der Waals surface area contributed by atoms with Gasteiger partial charge in [-0.2, -0.15) is 0 Å². The van der Waals surface area contributed by atoms with Gasteiger partial charge in [0.15, 0.2) is 0 Å². The van der Waals surface area contributed by atoms with Crippen molar-refractivity contribution in [3.63, 3.8) is 0 Å². The summed E-state index contributed by atoms with van der Waals surface area (Å²) in [7, 11) is 1.91. The third-order valence-corrected chi connectivity index (χ3v) is 3.26. The number of aromatic nitrogens is 2. The van der Waals surface area contributed by atoms with Crippen molar-refractivity contribution in [1.29, 1.82) is 0 Å². The maximum absolute atomic E-state index is 4.58. The molecule has 0 aliphatic heterocycles. The summed E-state index contributed by atoms with van der Waals surface area (Å²) in [5, 5.41) is 3.12. The lowest BCUT2D eigenvalue weighted by atomic mass is 10.1. The molecule has 0 saturated heterocycles. The van der Waals surface area contributed by atoms with Crippen molar-refractivity contribution in [3.05, 3.63) is 15.1 Å². The van der Waals surface area contributed by atoms with E-state index in [2.05, 4.69) is 58.6 Å². The minimum atomic E-state index is 0.597. The Bertz CT molecular complexity index is 312. The van der Waals surface area contributed by atoms with E-state index < -0.39 is 0 Å². The molecule has 1 heterocycles. The average molecular weight is 319 g/mol. The number of hydrogen-bond acceptors (Lipinski definition) is 3. The molecular formula is C11H18IN3. The van der Waals surface area contributed by atoms with Gasteiger partial charge in [-0.25, -0.2) is 9.97 Å². The van der Waals surface area contributed by atoms with Gasteiger partial charge in [0.25, 0.3) is 0 Å². The fraction of sp³-hybridized carbons (Fsp3) is 0.636. The van der Waals surface area contributed by atoms with Gasteiger partial charge in [-0.3, -0.25) is 0 Å². The molecule has 0 bridgehead atoms. The number of nitrogens with zero attached hydrogens (tertiary/aromatic N) is 2. The van der Waals surface area contributed by atoms with E-state index in [9.17, 15) is 0 Å². The van der Waals surface area contributed by atoms with Crippen LogP contribution >= 0.6 is 22.6 Å². The van der Waals surface area contributed by atoms with Gasteiger partial charge in [0.05, 0.1) is 9.26 Å². The standard InChI is InChI=1S/C11H18IN3/c1-5-8-10(12)11(13-4)15-9(14-8)6-7(2)3/h7H,5-6H2,1-4H3,(H,13,14,15). The summed E-state index contributed by atoms with van der Waals surface area (Å²) in [6.45, 7) is 6.50. The van der Waals surface area contributed by atoms with Crippen molar-refractivity contribution >= 4 is 28.4 Å². The normalized spacial score (nSPS) is 10.8. The smallest absolute Gasteiger partial charge is 0.143 e. The van der Waals surface area contributed by atoms with Crippen molar-refractivity contribution in [3.8, 4) is 0 Å². The first-order chi connectivity index (χ1) is 7.08. The van der Waals surface area contributed by atoms with E-state index in [4.69, 9.17) is 0 Å². The molecule has 0 amide bonds. The Morgan fingerprint density at radius 1 is 1.33 bits per heavy atom. The Morgan fingerprint density at radius 3 is 2.47 bits per heavy atom. The Kier molecular flexibility index (Phi) is 4.76. The molecule has 0 saturated carbocycles. The zero-order valence-electron chi connectivity index (χ0n) is 9.76. The highest BCUT2D eigenvalue weighted by molar-refractivity contribution is 14.1. The molecular weight excluding hydrogens is 301 g/mol. The second kappa shape index (κ2) is 5.63. The van der Waals surface area contributed by atoms with Crippen LogP contribution in [0.15, 0.2) is 0 Å². The van der Waals surface area contributed by atoms with Crippen LogP contribution in [0, 0.1) is 9.49 Å². The molecule has 0 unspecified atom stereocenters. The monoisotopic (exact) mass is 319 g/mol. The number of hydrogen-bond donors (Lipinski definition) is 1. The second-order valence-electron chi connectivity index (χ2n) is 3.95. The third kappa shape index (κ3) is 3.29. The van der Waals surface area contributed by atoms with E-state index in [1.54, 1.807) is 0 Å². The molecule has 0 atom stereocenters. The van der Waals surface area contributed by atoms with Gasteiger partial charge in [-0.1, -0.05) is 20.8 Å². The highest BCUT2D eigenvalue weighted by Gasteiger charge is 2.10. The molecule has 0 aromatic carbocycles. The molecule has 0 aliphatic rings. The highest BCUT2D eigenvalue weighted by atomic mass is 127. The summed E-state index contributed by atoms with van der Waals surface area (Å²) >= 11 is 2.30. The number of anilines is 1. The molecule has 0 aliphatic carbocycles. The van der Waals surface area contributed by atoms with Gasteiger partial charge in [0.2, 0.25) is 0 Å². The van der Waals surface area contributed by atoms with E-state index in [1.165, 1.54) is 0 Å². The van der Waals surface area contributed by atoms with Crippen molar-refractivity contribution < 1.29 is 0 Å². The van der Waals surface area contributed by atoms with Crippen LogP contribution in [0.3, 0.4) is 0 Å². The van der Waals surface area contributed by atoms with Crippen LogP contribution in [0.25, 0.3) is 0 Å². The Hall–Kier alpha value is -0.390. The van der Waals surface area contributed by atoms with Crippen molar-refractivity contribution in [2.24, 2.45) is 5.92 Å². The molecule has 0 spiro atoms. The summed E-state index contributed by atoms with van der Waals surface area (Å²) in [6, 6.07) is 0. The fourth-order valence-corrected chi connectivity index (χ4v) is 2.29. The average Bonchev–Trinajstić information content (AvgIpc) is 2.19. The van der Waals surface area contributed by atoms with Crippen LogP contribution < -0.4 is 5.32 Å². The number of rotatable bonds is 4. The zero-order chi connectivity index (χ0) is 11.4. The molecule has 1 aromatic rings. The van der Waals surface area contributed by atoms with Gasteiger partial charge in [0, 0.05) is 13.5 Å². The molecule has 1 rings (SSSR count). The fourth-order valence-electron chi connectivity index (χ4n) is 1.40. The largest absolute Gasteiger partial charge is 0.372 e. The second-order valence-corrected chi connectivity index (χ2v) is 5.03.